The second kappa shape index (κ2) is 8.78. The van der Waals surface area contributed by atoms with Crippen molar-refractivity contribution in [2.45, 2.75) is 13.0 Å². The van der Waals surface area contributed by atoms with E-state index in [1.54, 1.807) is 31.2 Å². The van der Waals surface area contributed by atoms with Crippen molar-refractivity contribution < 1.29 is 4.74 Å². The molecule has 22 heavy (non-hydrogen) atoms. The molecule has 0 atom stereocenters. The highest BCUT2D eigenvalue weighted by molar-refractivity contribution is 5.79. The Hall–Kier alpha value is -2.41. The van der Waals surface area contributed by atoms with Gasteiger partial charge in [-0.25, -0.2) is 9.67 Å². The van der Waals surface area contributed by atoms with Gasteiger partial charge in [0.1, 0.15) is 0 Å². The molecule has 0 saturated carbocycles. The van der Waals surface area contributed by atoms with Gasteiger partial charge in [-0.3, -0.25) is 4.99 Å². The van der Waals surface area contributed by atoms with E-state index in [-0.39, 0.29) is 0 Å². The molecule has 0 bridgehead atoms. The van der Waals surface area contributed by atoms with Crippen molar-refractivity contribution in [2.24, 2.45) is 4.99 Å². The predicted octanol–water partition coefficient (Wildman–Crippen LogP) is 0.969. The average molecular weight is 302 g/mol. The number of rotatable bonds is 7. The molecule has 0 fully saturated rings. The maximum Gasteiger partial charge on any atom is 0.191 e. The van der Waals surface area contributed by atoms with Crippen molar-refractivity contribution in [3.8, 4) is 5.82 Å². The summed E-state index contributed by atoms with van der Waals surface area (Å²) in [7, 11) is 3.46. The minimum atomic E-state index is 0.667. The number of nitrogens with zero attached hydrogens (tertiary/aromatic N) is 4. The van der Waals surface area contributed by atoms with Gasteiger partial charge in [-0.05, 0) is 30.2 Å². The first-order valence-corrected chi connectivity index (χ1v) is 7.22. The minimum Gasteiger partial charge on any atom is -0.385 e. The number of hydrogen-bond donors (Lipinski definition) is 2. The summed E-state index contributed by atoms with van der Waals surface area (Å²) < 4.78 is 6.76. The Morgan fingerprint density at radius 3 is 3.00 bits per heavy atom. The third-order valence-corrected chi connectivity index (χ3v) is 3.05. The number of methoxy groups -OCH3 is 1. The standard InChI is InChI=1S/C15H22N6O/c1-16-15(18-6-4-10-22-2)19-12-13-5-8-17-14(11-13)21-9-3-7-20-21/h3,5,7-9,11H,4,6,10,12H2,1-2H3,(H2,16,18,19). The van der Waals surface area contributed by atoms with Crippen LogP contribution in [0, 0.1) is 0 Å². The quantitative estimate of drug-likeness (QED) is 0.453. The van der Waals surface area contributed by atoms with E-state index in [1.165, 1.54) is 0 Å². The Kier molecular flexibility index (Phi) is 6.38. The van der Waals surface area contributed by atoms with Crippen LogP contribution in [-0.4, -0.2) is 48.0 Å². The van der Waals surface area contributed by atoms with Crippen LogP contribution in [0.15, 0.2) is 41.8 Å². The SMILES string of the molecule is CN=C(NCCCOC)NCc1ccnc(-n2cccn2)c1. The molecule has 2 N–H and O–H groups in total. The molecule has 118 valence electrons. The molecule has 0 aliphatic heterocycles. The van der Waals surface area contributed by atoms with Crippen molar-refractivity contribution in [1.82, 2.24) is 25.4 Å². The Balaban J connectivity index is 1.86. The van der Waals surface area contributed by atoms with Gasteiger partial charge in [0.25, 0.3) is 0 Å². The first-order chi connectivity index (χ1) is 10.8. The fourth-order valence-electron chi connectivity index (χ4n) is 1.93. The number of guanidine groups is 1. The Morgan fingerprint density at radius 2 is 2.27 bits per heavy atom. The smallest absolute Gasteiger partial charge is 0.191 e. The molecular weight excluding hydrogens is 280 g/mol. The van der Waals surface area contributed by atoms with Crippen LogP contribution in [0.5, 0.6) is 0 Å². The lowest BCUT2D eigenvalue weighted by Gasteiger charge is -2.12. The monoisotopic (exact) mass is 302 g/mol. The van der Waals surface area contributed by atoms with Gasteiger partial charge in [0.15, 0.2) is 11.8 Å². The van der Waals surface area contributed by atoms with Gasteiger partial charge in [-0.1, -0.05) is 0 Å². The number of aliphatic imine (C=N–C) groups is 1. The van der Waals surface area contributed by atoms with Crippen LogP contribution in [0.4, 0.5) is 0 Å². The van der Waals surface area contributed by atoms with E-state index in [9.17, 15) is 0 Å². The van der Waals surface area contributed by atoms with Crippen molar-refractivity contribution in [1.29, 1.82) is 0 Å². The maximum absolute atomic E-state index is 5.02. The second-order valence-electron chi connectivity index (χ2n) is 4.67. The predicted molar refractivity (Wildman–Crippen MR) is 86.1 cm³/mol. The molecule has 7 nitrogen and oxygen atoms in total. The molecule has 0 amide bonds. The normalized spacial score (nSPS) is 11.5. The van der Waals surface area contributed by atoms with Crippen LogP contribution < -0.4 is 10.6 Å². The molecule has 0 saturated heterocycles. The number of nitrogens with one attached hydrogen (secondary N) is 2. The summed E-state index contributed by atoms with van der Waals surface area (Å²) >= 11 is 0. The van der Waals surface area contributed by atoms with Crippen LogP contribution in [0.2, 0.25) is 0 Å². The Morgan fingerprint density at radius 1 is 1.36 bits per heavy atom. The van der Waals surface area contributed by atoms with Crippen molar-refractivity contribution in [3.05, 3.63) is 42.4 Å². The average Bonchev–Trinajstić information content (AvgIpc) is 3.09. The van der Waals surface area contributed by atoms with Gasteiger partial charge in [0.05, 0.1) is 0 Å². The molecule has 0 aliphatic rings. The topological polar surface area (TPSA) is 76.4 Å². The molecule has 2 aromatic heterocycles. The lowest BCUT2D eigenvalue weighted by molar-refractivity contribution is 0.195. The molecule has 0 aromatic carbocycles. The lowest BCUT2D eigenvalue weighted by atomic mass is 10.2. The van der Waals surface area contributed by atoms with Crippen molar-refractivity contribution in [2.75, 3.05) is 27.3 Å². The summed E-state index contributed by atoms with van der Waals surface area (Å²) in [4.78, 5) is 8.51. The third-order valence-electron chi connectivity index (χ3n) is 3.05. The third kappa shape index (κ3) is 4.85. The summed E-state index contributed by atoms with van der Waals surface area (Å²) in [6.07, 6.45) is 6.33. The zero-order chi connectivity index (χ0) is 15.6. The van der Waals surface area contributed by atoms with Crippen LogP contribution in [0.25, 0.3) is 5.82 Å². The van der Waals surface area contributed by atoms with Crippen LogP contribution in [0.1, 0.15) is 12.0 Å². The van der Waals surface area contributed by atoms with E-state index >= 15 is 0 Å². The summed E-state index contributed by atoms with van der Waals surface area (Å²) in [5.41, 5.74) is 1.11. The largest absolute Gasteiger partial charge is 0.385 e. The molecule has 0 unspecified atom stereocenters. The number of hydrogen-bond acceptors (Lipinski definition) is 4. The van der Waals surface area contributed by atoms with Crippen LogP contribution >= 0.6 is 0 Å². The van der Waals surface area contributed by atoms with Gasteiger partial charge in [-0.15, -0.1) is 0 Å². The highest BCUT2D eigenvalue weighted by Gasteiger charge is 2.02. The first kappa shape index (κ1) is 16.0. The molecule has 2 aromatic rings. The van der Waals surface area contributed by atoms with E-state index in [4.69, 9.17) is 4.74 Å². The van der Waals surface area contributed by atoms with E-state index < -0.39 is 0 Å². The zero-order valence-electron chi connectivity index (χ0n) is 13.0. The number of aromatic nitrogens is 3. The van der Waals surface area contributed by atoms with E-state index in [0.717, 1.165) is 36.9 Å². The van der Waals surface area contributed by atoms with Gasteiger partial charge in [0.2, 0.25) is 0 Å². The summed E-state index contributed by atoms with van der Waals surface area (Å²) in [5, 5.41) is 10.7. The molecule has 0 aliphatic carbocycles. The van der Waals surface area contributed by atoms with Crippen LogP contribution in [-0.2, 0) is 11.3 Å². The highest BCUT2D eigenvalue weighted by atomic mass is 16.5. The van der Waals surface area contributed by atoms with Crippen LogP contribution in [0.3, 0.4) is 0 Å². The number of pyridine rings is 1. The van der Waals surface area contributed by atoms with Gasteiger partial charge in [0, 0.05) is 52.4 Å². The molecule has 7 heteroatoms. The highest BCUT2D eigenvalue weighted by Crippen LogP contribution is 2.05. The summed E-state index contributed by atoms with van der Waals surface area (Å²) in [6, 6.07) is 5.84. The van der Waals surface area contributed by atoms with E-state index in [2.05, 4.69) is 25.7 Å². The van der Waals surface area contributed by atoms with Gasteiger partial charge >= 0.3 is 0 Å². The Bertz CT molecular complexity index is 581. The van der Waals surface area contributed by atoms with Gasteiger partial charge in [-0.2, -0.15) is 5.10 Å². The molecule has 2 rings (SSSR count). The zero-order valence-corrected chi connectivity index (χ0v) is 13.0. The molecule has 2 heterocycles. The maximum atomic E-state index is 5.02. The minimum absolute atomic E-state index is 0.667. The van der Waals surface area contributed by atoms with E-state index in [0.29, 0.717) is 6.54 Å². The fourth-order valence-corrected chi connectivity index (χ4v) is 1.93. The summed E-state index contributed by atoms with van der Waals surface area (Å²) in [6.45, 7) is 2.23. The Labute approximate surface area is 130 Å². The molecule has 0 spiro atoms. The van der Waals surface area contributed by atoms with Crippen molar-refractivity contribution in [3.63, 3.8) is 0 Å². The van der Waals surface area contributed by atoms with Crippen molar-refractivity contribution >= 4 is 5.96 Å². The van der Waals surface area contributed by atoms with Gasteiger partial charge < -0.3 is 15.4 Å². The fraction of sp³-hybridized carbons (Fsp3) is 0.400. The molecule has 0 radical (unpaired) electrons. The number of ether oxygens (including phenoxy) is 1. The summed E-state index contributed by atoms with van der Waals surface area (Å²) in [5.74, 6) is 1.57. The first-order valence-electron chi connectivity index (χ1n) is 7.22. The lowest BCUT2D eigenvalue weighted by Crippen LogP contribution is -2.37. The van der Waals surface area contributed by atoms with E-state index in [1.807, 2.05) is 24.4 Å². The second-order valence-corrected chi connectivity index (χ2v) is 4.67. The molecular formula is C15H22N6O.